The van der Waals surface area contributed by atoms with Crippen LogP contribution in [0.5, 0.6) is 5.88 Å². The summed E-state index contributed by atoms with van der Waals surface area (Å²) in [5.41, 5.74) is 0.664. The second-order valence-electron chi connectivity index (χ2n) is 4.80. The molecule has 0 aliphatic heterocycles. The lowest BCUT2D eigenvalue weighted by Gasteiger charge is -2.09. The first-order valence-electron chi connectivity index (χ1n) is 6.60. The number of aromatic nitrogens is 2. The van der Waals surface area contributed by atoms with Crippen LogP contribution in [-0.2, 0) is 4.79 Å². The molecule has 1 heterocycles. The van der Waals surface area contributed by atoms with Crippen molar-refractivity contribution in [3.63, 3.8) is 0 Å². The molecule has 0 radical (unpaired) electrons. The maximum atomic E-state index is 11.9. The second kappa shape index (κ2) is 6.69. The van der Waals surface area contributed by atoms with Crippen LogP contribution >= 0.6 is 0 Å². The third-order valence-electron chi connectivity index (χ3n) is 2.98. The number of amides is 1. The van der Waals surface area contributed by atoms with Crippen molar-refractivity contribution in [3.05, 3.63) is 56.1 Å². The van der Waals surface area contributed by atoms with E-state index in [1.807, 2.05) is 26.0 Å². The van der Waals surface area contributed by atoms with E-state index in [1.54, 1.807) is 6.07 Å². The van der Waals surface area contributed by atoms with Gasteiger partial charge in [-0.2, -0.15) is 4.98 Å². The van der Waals surface area contributed by atoms with E-state index >= 15 is 0 Å². The number of nitrogens with one attached hydrogen (secondary N) is 2. The molecule has 9 heteroatoms. The van der Waals surface area contributed by atoms with E-state index in [-0.39, 0.29) is 0 Å². The van der Waals surface area contributed by atoms with Crippen molar-refractivity contribution >= 4 is 17.3 Å². The van der Waals surface area contributed by atoms with E-state index in [0.29, 0.717) is 5.69 Å². The highest BCUT2D eigenvalue weighted by atomic mass is 16.6. The van der Waals surface area contributed by atoms with Crippen LogP contribution in [0.15, 0.2) is 29.3 Å². The summed E-state index contributed by atoms with van der Waals surface area (Å²) in [6, 6.07) is 5.56. The number of rotatable bonds is 5. The monoisotopic (exact) mass is 318 g/mol. The van der Waals surface area contributed by atoms with Crippen LogP contribution in [0.25, 0.3) is 0 Å². The van der Waals surface area contributed by atoms with Gasteiger partial charge < -0.3 is 15.0 Å². The quantitative estimate of drug-likeness (QED) is 0.632. The molecule has 23 heavy (non-hydrogen) atoms. The van der Waals surface area contributed by atoms with E-state index in [4.69, 9.17) is 4.74 Å². The van der Waals surface area contributed by atoms with Crippen molar-refractivity contribution in [2.24, 2.45) is 0 Å². The normalized spacial score (nSPS) is 10.2. The first-order valence-corrected chi connectivity index (χ1v) is 6.60. The molecule has 2 rings (SSSR count). The van der Waals surface area contributed by atoms with Crippen LogP contribution in [0.3, 0.4) is 0 Å². The van der Waals surface area contributed by atoms with Gasteiger partial charge in [0.15, 0.2) is 6.61 Å². The van der Waals surface area contributed by atoms with Crippen molar-refractivity contribution in [2.45, 2.75) is 13.8 Å². The SMILES string of the molecule is Cc1ccc(C)c(NC(=O)COc2nc[nH]c(=O)c2[N+](=O)[O-])c1. The fourth-order valence-electron chi connectivity index (χ4n) is 1.83. The molecule has 0 spiro atoms. The zero-order chi connectivity index (χ0) is 17.0. The number of hydrogen-bond donors (Lipinski definition) is 2. The summed E-state index contributed by atoms with van der Waals surface area (Å²) in [4.78, 5) is 38.8. The zero-order valence-electron chi connectivity index (χ0n) is 12.5. The number of carbonyl (C=O) groups excluding carboxylic acids is 1. The molecular weight excluding hydrogens is 304 g/mol. The van der Waals surface area contributed by atoms with Crippen LogP contribution < -0.4 is 15.6 Å². The third kappa shape index (κ3) is 3.90. The van der Waals surface area contributed by atoms with Gasteiger partial charge in [-0.25, -0.2) is 0 Å². The first-order chi connectivity index (χ1) is 10.9. The number of carbonyl (C=O) groups is 1. The summed E-state index contributed by atoms with van der Waals surface area (Å²) in [5.74, 6) is -1.02. The van der Waals surface area contributed by atoms with Crippen LogP contribution in [0, 0.1) is 24.0 Å². The minimum absolute atomic E-state index is 0.505. The molecular formula is C14H14N4O5. The lowest BCUT2D eigenvalue weighted by atomic mass is 10.1. The summed E-state index contributed by atoms with van der Waals surface area (Å²) in [6.45, 7) is 3.21. The Bertz CT molecular complexity index is 815. The molecule has 0 saturated heterocycles. The summed E-state index contributed by atoms with van der Waals surface area (Å²) >= 11 is 0. The number of benzene rings is 1. The van der Waals surface area contributed by atoms with E-state index in [0.717, 1.165) is 17.5 Å². The summed E-state index contributed by atoms with van der Waals surface area (Å²) in [5, 5.41) is 13.5. The molecule has 1 aromatic carbocycles. The second-order valence-corrected chi connectivity index (χ2v) is 4.80. The predicted molar refractivity (Wildman–Crippen MR) is 81.6 cm³/mol. The summed E-state index contributed by atoms with van der Waals surface area (Å²) in [7, 11) is 0. The predicted octanol–water partition coefficient (Wildman–Crippen LogP) is 1.31. The Balaban J connectivity index is 2.08. The molecule has 0 aliphatic rings. The van der Waals surface area contributed by atoms with Gasteiger partial charge in [0.2, 0.25) is 0 Å². The van der Waals surface area contributed by atoms with Crippen molar-refractivity contribution in [3.8, 4) is 5.88 Å². The summed E-state index contributed by atoms with van der Waals surface area (Å²) in [6.07, 6.45) is 0.966. The molecule has 1 aromatic heterocycles. The van der Waals surface area contributed by atoms with Crippen LogP contribution in [0.2, 0.25) is 0 Å². The van der Waals surface area contributed by atoms with E-state index in [2.05, 4.69) is 15.3 Å². The molecule has 2 aromatic rings. The van der Waals surface area contributed by atoms with Gasteiger partial charge in [0.25, 0.3) is 5.91 Å². The highest BCUT2D eigenvalue weighted by molar-refractivity contribution is 5.92. The van der Waals surface area contributed by atoms with Gasteiger partial charge in [-0.15, -0.1) is 0 Å². The van der Waals surface area contributed by atoms with E-state index in [1.165, 1.54) is 0 Å². The van der Waals surface area contributed by atoms with Gasteiger partial charge in [0.1, 0.15) is 0 Å². The Kier molecular flexibility index (Phi) is 4.69. The number of anilines is 1. The first kappa shape index (κ1) is 16.1. The molecule has 9 nitrogen and oxygen atoms in total. The molecule has 0 fully saturated rings. The molecule has 0 unspecified atom stereocenters. The number of nitro groups is 1. The standard InChI is InChI=1S/C14H14N4O5/c1-8-3-4-9(2)10(5-8)17-11(19)6-23-14-12(18(21)22)13(20)15-7-16-14/h3-5,7H,6H2,1-2H3,(H,17,19)(H,15,16,20). The lowest BCUT2D eigenvalue weighted by Crippen LogP contribution is -2.22. The fourth-order valence-corrected chi connectivity index (χ4v) is 1.83. The number of hydrogen-bond acceptors (Lipinski definition) is 6. The van der Waals surface area contributed by atoms with Crippen molar-refractivity contribution in [2.75, 3.05) is 11.9 Å². The minimum atomic E-state index is -0.949. The third-order valence-corrected chi connectivity index (χ3v) is 2.98. The Morgan fingerprint density at radius 1 is 1.43 bits per heavy atom. The van der Waals surface area contributed by atoms with Crippen LogP contribution in [-0.4, -0.2) is 27.4 Å². The average molecular weight is 318 g/mol. The number of H-pyrrole nitrogens is 1. The van der Waals surface area contributed by atoms with Gasteiger partial charge in [-0.3, -0.25) is 19.7 Å². The molecule has 2 N–H and O–H groups in total. The zero-order valence-corrected chi connectivity index (χ0v) is 12.5. The van der Waals surface area contributed by atoms with E-state index in [9.17, 15) is 19.7 Å². The highest BCUT2D eigenvalue weighted by Gasteiger charge is 2.22. The number of aromatic amines is 1. The Morgan fingerprint density at radius 2 is 2.17 bits per heavy atom. The Hall–Kier alpha value is -3.23. The minimum Gasteiger partial charge on any atom is -0.462 e. The largest absolute Gasteiger partial charge is 0.462 e. The number of ether oxygens (including phenoxy) is 1. The van der Waals surface area contributed by atoms with Crippen molar-refractivity contribution in [1.29, 1.82) is 0 Å². The highest BCUT2D eigenvalue weighted by Crippen LogP contribution is 2.18. The average Bonchev–Trinajstić information content (AvgIpc) is 2.48. The molecule has 120 valence electrons. The van der Waals surface area contributed by atoms with Gasteiger partial charge in [0, 0.05) is 5.69 Å². The number of nitrogens with zero attached hydrogens (tertiary/aromatic N) is 2. The Morgan fingerprint density at radius 3 is 2.87 bits per heavy atom. The smallest absolute Gasteiger partial charge is 0.395 e. The fraction of sp³-hybridized carbons (Fsp3) is 0.214. The summed E-state index contributed by atoms with van der Waals surface area (Å²) < 4.78 is 5.00. The van der Waals surface area contributed by atoms with Gasteiger partial charge in [0.05, 0.1) is 11.3 Å². The Labute approximate surface area is 130 Å². The topological polar surface area (TPSA) is 127 Å². The maximum Gasteiger partial charge on any atom is 0.395 e. The maximum absolute atomic E-state index is 11.9. The van der Waals surface area contributed by atoms with Gasteiger partial charge in [-0.05, 0) is 31.0 Å². The molecule has 1 amide bonds. The number of aryl methyl sites for hydroxylation is 2. The van der Waals surface area contributed by atoms with Crippen LogP contribution in [0.1, 0.15) is 11.1 Å². The van der Waals surface area contributed by atoms with Crippen LogP contribution in [0.4, 0.5) is 11.4 Å². The molecule has 0 bridgehead atoms. The van der Waals surface area contributed by atoms with Gasteiger partial charge >= 0.3 is 17.1 Å². The molecule has 0 atom stereocenters. The van der Waals surface area contributed by atoms with Crippen molar-refractivity contribution in [1.82, 2.24) is 9.97 Å². The molecule has 0 aliphatic carbocycles. The van der Waals surface area contributed by atoms with Crippen molar-refractivity contribution < 1.29 is 14.5 Å². The van der Waals surface area contributed by atoms with Gasteiger partial charge in [-0.1, -0.05) is 12.1 Å². The molecule has 0 saturated carbocycles. The lowest BCUT2D eigenvalue weighted by molar-refractivity contribution is -0.387. The van der Waals surface area contributed by atoms with E-state index < -0.39 is 34.6 Å².